The number of nitriles is 1. The van der Waals surface area contributed by atoms with Gasteiger partial charge in [0.2, 0.25) is 0 Å². The average Bonchev–Trinajstić information content (AvgIpc) is 2.94. The number of carbonyl (C=O) groups excluding carboxylic acids is 1. The van der Waals surface area contributed by atoms with Gasteiger partial charge in [-0.15, -0.1) is 0 Å². The van der Waals surface area contributed by atoms with Gasteiger partial charge in [-0.3, -0.25) is 0 Å². The highest BCUT2D eigenvalue weighted by molar-refractivity contribution is 5.79. The highest BCUT2D eigenvalue weighted by Gasteiger charge is 2.59. The molecule has 0 amide bonds. The van der Waals surface area contributed by atoms with Gasteiger partial charge in [0, 0.05) is 6.42 Å². The molecule has 72 valence electrons. The Morgan fingerprint density at radius 1 is 1.69 bits per heavy atom. The predicted octanol–water partition coefficient (Wildman–Crippen LogP) is 0.757. The number of hydrogen-bond donors (Lipinski definition) is 0. The summed E-state index contributed by atoms with van der Waals surface area (Å²) in [5.74, 6) is -2.13. The van der Waals surface area contributed by atoms with E-state index in [0.717, 1.165) is 0 Å². The van der Waals surface area contributed by atoms with Gasteiger partial charge in [-0.25, -0.2) is 4.79 Å². The summed E-state index contributed by atoms with van der Waals surface area (Å²) in [4.78, 5) is 20.2. The Balaban J connectivity index is 2.53. The molecule has 1 aliphatic heterocycles. The maximum atomic E-state index is 11.1. The highest BCUT2D eigenvalue weighted by atomic mass is 17.4. The Morgan fingerprint density at radius 2 is 2.31 bits per heavy atom. The summed E-state index contributed by atoms with van der Waals surface area (Å²) in [7, 11) is 1.25. The minimum Gasteiger partial charge on any atom is -0.465 e. The number of carbonyl (C=O) groups is 1. The Labute approximate surface area is 76.1 Å². The Hall–Kier alpha value is -1.12. The first kappa shape index (κ1) is 9.96. The van der Waals surface area contributed by atoms with Crippen LogP contribution in [-0.2, 0) is 19.3 Å². The molecule has 0 aromatic carbocycles. The lowest BCUT2D eigenvalue weighted by molar-refractivity contribution is -0.148. The lowest BCUT2D eigenvalue weighted by Crippen LogP contribution is -2.28. The van der Waals surface area contributed by atoms with Crippen molar-refractivity contribution >= 4 is 5.97 Å². The molecule has 1 saturated heterocycles. The van der Waals surface area contributed by atoms with Gasteiger partial charge in [0.25, 0.3) is 0 Å². The molecule has 0 aromatic heterocycles. The Bertz CT molecular complexity index is 241. The van der Waals surface area contributed by atoms with Crippen molar-refractivity contribution in [3.05, 3.63) is 0 Å². The first-order valence-corrected chi connectivity index (χ1v) is 4.03. The van der Waals surface area contributed by atoms with Crippen LogP contribution in [0.1, 0.15) is 19.8 Å². The zero-order valence-corrected chi connectivity index (χ0v) is 7.57. The predicted molar refractivity (Wildman–Crippen MR) is 40.9 cm³/mol. The Morgan fingerprint density at radius 3 is 2.62 bits per heavy atom. The first-order valence-electron chi connectivity index (χ1n) is 4.03. The van der Waals surface area contributed by atoms with Crippen molar-refractivity contribution in [3.63, 3.8) is 0 Å². The second kappa shape index (κ2) is 3.73. The number of esters is 1. The van der Waals surface area contributed by atoms with Crippen LogP contribution in [0.5, 0.6) is 0 Å². The molecule has 1 heterocycles. The summed E-state index contributed by atoms with van der Waals surface area (Å²) in [5.41, 5.74) is 0. The maximum absolute atomic E-state index is 11.1. The van der Waals surface area contributed by atoms with E-state index < -0.39 is 11.8 Å². The van der Waals surface area contributed by atoms with Crippen molar-refractivity contribution in [1.82, 2.24) is 0 Å². The van der Waals surface area contributed by atoms with Crippen LogP contribution in [0.4, 0.5) is 0 Å². The molecule has 0 bridgehead atoms. The van der Waals surface area contributed by atoms with E-state index >= 15 is 0 Å². The number of methoxy groups -OCH3 is 1. The average molecular weight is 185 g/mol. The third kappa shape index (κ3) is 1.97. The van der Waals surface area contributed by atoms with E-state index in [0.29, 0.717) is 6.42 Å². The molecule has 1 atom stereocenters. The second-order valence-electron chi connectivity index (χ2n) is 2.85. The maximum Gasteiger partial charge on any atom is 0.372 e. The molecule has 5 nitrogen and oxygen atoms in total. The summed E-state index contributed by atoms with van der Waals surface area (Å²) in [6.07, 6.45) is 0.884. The van der Waals surface area contributed by atoms with Crippen LogP contribution in [0.25, 0.3) is 0 Å². The van der Waals surface area contributed by atoms with Gasteiger partial charge in [-0.05, 0) is 6.42 Å². The summed E-state index contributed by atoms with van der Waals surface area (Å²) < 4.78 is 4.47. The second-order valence-corrected chi connectivity index (χ2v) is 2.85. The van der Waals surface area contributed by atoms with Crippen molar-refractivity contribution in [2.24, 2.45) is 5.92 Å². The van der Waals surface area contributed by atoms with Crippen LogP contribution in [-0.4, -0.2) is 18.9 Å². The first-order chi connectivity index (χ1) is 6.18. The van der Waals surface area contributed by atoms with E-state index in [-0.39, 0.29) is 12.3 Å². The molecule has 1 aliphatic rings. The summed E-state index contributed by atoms with van der Waals surface area (Å²) in [6.45, 7) is 1.86. The molecule has 0 aliphatic carbocycles. The van der Waals surface area contributed by atoms with Gasteiger partial charge in [-0.2, -0.15) is 15.0 Å². The van der Waals surface area contributed by atoms with Crippen molar-refractivity contribution in [1.29, 1.82) is 5.26 Å². The molecular formula is C8H11NO4. The van der Waals surface area contributed by atoms with E-state index in [1.165, 1.54) is 7.11 Å². The van der Waals surface area contributed by atoms with Crippen LogP contribution in [0.2, 0.25) is 0 Å². The quantitative estimate of drug-likeness (QED) is 0.367. The summed E-state index contributed by atoms with van der Waals surface area (Å²) >= 11 is 0. The molecule has 13 heavy (non-hydrogen) atoms. The van der Waals surface area contributed by atoms with E-state index in [1.807, 2.05) is 6.92 Å². The van der Waals surface area contributed by atoms with Gasteiger partial charge in [-0.1, -0.05) is 6.92 Å². The minimum absolute atomic E-state index is 0.229. The zero-order valence-electron chi connectivity index (χ0n) is 7.57. The van der Waals surface area contributed by atoms with E-state index in [1.54, 1.807) is 0 Å². The fourth-order valence-corrected chi connectivity index (χ4v) is 1.03. The fraction of sp³-hybridized carbons (Fsp3) is 0.750. The largest absolute Gasteiger partial charge is 0.465 e. The van der Waals surface area contributed by atoms with E-state index in [4.69, 9.17) is 5.26 Å². The number of ether oxygens (including phenoxy) is 1. The monoisotopic (exact) mass is 185 g/mol. The van der Waals surface area contributed by atoms with Crippen LogP contribution in [0.15, 0.2) is 0 Å². The Kier molecular flexibility index (Phi) is 2.86. The number of hydrogen-bond acceptors (Lipinski definition) is 5. The topological polar surface area (TPSA) is 75.2 Å². The minimum atomic E-state index is -1.30. The molecule has 1 unspecified atom stereocenters. The van der Waals surface area contributed by atoms with Gasteiger partial charge in [0.1, 0.15) is 0 Å². The smallest absolute Gasteiger partial charge is 0.372 e. The lowest BCUT2D eigenvalue weighted by atomic mass is 9.99. The highest BCUT2D eigenvalue weighted by Crippen LogP contribution is 2.37. The molecule has 0 saturated carbocycles. The van der Waals surface area contributed by atoms with Gasteiger partial charge < -0.3 is 4.74 Å². The van der Waals surface area contributed by atoms with Crippen LogP contribution < -0.4 is 0 Å². The molecule has 1 rings (SSSR count). The molecule has 0 radical (unpaired) electrons. The molecule has 0 spiro atoms. The van der Waals surface area contributed by atoms with Gasteiger partial charge >= 0.3 is 11.8 Å². The lowest BCUT2D eigenvalue weighted by Gasteiger charge is -2.07. The van der Waals surface area contributed by atoms with Crippen LogP contribution >= 0.6 is 0 Å². The molecule has 1 fully saturated rings. The summed E-state index contributed by atoms with van der Waals surface area (Å²) in [6, 6.07) is 2.06. The molecule has 0 N–H and O–H groups in total. The van der Waals surface area contributed by atoms with Crippen molar-refractivity contribution in [2.75, 3.05) is 7.11 Å². The van der Waals surface area contributed by atoms with Crippen LogP contribution in [0.3, 0.4) is 0 Å². The van der Waals surface area contributed by atoms with Crippen molar-refractivity contribution in [2.45, 2.75) is 25.6 Å². The standard InChI is InChI=1S/C8H11NO4/c1-3-6(5-9)4-8(12-13-8)7(10)11-2/h6H,3-4H2,1-2H3. The van der Waals surface area contributed by atoms with E-state index in [9.17, 15) is 4.79 Å². The third-order valence-electron chi connectivity index (χ3n) is 1.97. The van der Waals surface area contributed by atoms with Crippen molar-refractivity contribution in [3.8, 4) is 6.07 Å². The summed E-state index contributed by atoms with van der Waals surface area (Å²) in [5, 5.41) is 8.66. The zero-order chi connectivity index (χ0) is 9.90. The SMILES string of the molecule is CCC(C#N)CC1(C(=O)OC)OO1. The number of rotatable bonds is 4. The number of nitrogens with zero attached hydrogens (tertiary/aromatic N) is 1. The van der Waals surface area contributed by atoms with Gasteiger partial charge in [0.05, 0.1) is 19.1 Å². The molecule has 5 heteroatoms. The van der Waals surface area contributed by atoms with E-state index in [2.05, 4.69) is 20.6 Å². The normalized spacial score (nSPS) is 20.1. The van der Waals surface area contributed by atoms with Gasteiger partial charge in [0.15, 0.2) is 0 Å². The van der Waals surface area contributed by atoms with Crippen molar-refractivity contribution < 1.29 is 19.3 Å². The molecule has 0 aromatic rings. The molecular weight excluding hydrogens is 174 g/mol. The fourth-order valence-electron chi connectivity index (χ4n) is 1.03. The van der Waals surface area contributed by atoms with Crippen LogP contribution in [0, 0.1) is 17.2 Å². The third-order valence-corrected chi connectivity index (χ3v) is 1.97.